The molecule has 0 bridgehead atoms. The number of Topliss-reactive ketones (excluding diaryl/α,β-unsaturated/α-hetero) is 1. The number of carbonyl (C=O) groups excluding carboxylic acids is 3. The molecule has 0 radical (unpaired) electrons. The fraction of sp³-hybridized carbons (Fsp3) is 0.412. The molecule has 1 aliphatic heterocycles. The Kier molecular flexibility index (Phi) is 5.06. The van der Waals surface area contributed by atoms with Gasteiger partial charge in [0.1, 0.15) is 6.04 Å². The predicted molar refractivity (Wildman–Crippen MR) is 93.1 cm³/mol. The zero-order valence-electron chi connectivity index (χ0n) is 14.5. The largest absolute Gasteiger partial charge is 0.424 e. The molecule has 9 nitrogen and oxygen atoms in total. The van der Waals surface area contributed by atoms with Crippen molar-refractivity contribution in [2.45, 2.75) is 32.4 Å². The summed E-state index contributed by atoms with van der Waals surface area (Å²) in [5.41, 5.74) is 0.843. The van der Waals surface area contributed by atoms with Gasteiger partial charge >= 0.3 is 0 Å². The summed E-state index contributed by atoms with van der Waals surface area (Å²) < 4.78 is 5.63. The van der Waals surface area contributed by atoms with E-state index in [1.54, 1.807) is 18.6 Å². The number of hydrogen-bond donors (Lipinski definition) is 4. The molecule has 1 fully saturated rings. The van der Waals surface area contributed by atoms with Gasteiger partial charge in [-0.1, -0.05) is 13.8 Å². The van der Waals surface area contributed by atoms with Crippen molar-refractivity contribution in [3.63, 3.8) is 0 Å². The Morgan fingerprint density at radius 1 is 1.38 bits per heavy atom. The average molecular weight is 359 g/mol. The fourth-order valence-corrected chi connectivity index (χ4v) is 2.73. The van der Waals surface area contributed by atoms with Crippen LogP contribution in [0.15, 0.2) is 29.1 Å². The zero-order valence-corrected chi connectivity index (χ0v) is 14.5. The van der Waals surface area contributed by atoms with E-state index in [4.69, 9.17) is 4.42 Å². The number of anilines is 1. The quantitative estimate of drug-likeness (QED) is 0.561. The van der Waals surface area contributed by atoms with Gasteiger partial charge in [-0.15, -0.1) is 0 Å². The molecule has 0 saturated carbocycles. The SMILES string of the molecule is CC(C)C(Nc1ncc(-c2cc[nH]c2)o1)C(=O)NC1CCNC(=O)C1=O. The van der Waals surface area contributed by atoms with E-state index in [0.29, 0.717) is 18.7 Å². The predicted octanol–water partition coefficient (Wildman–Crippen LogP) is 0.680. The van der Waals surface area contributed by atoms with Crippen molar-refractivity contribution in [2.24, 2.45) is 5.92 Å². The maximum atomic E-state index is 12.6. The monoisotopic (exact) mass is 359 g/mol. The lowest BCUT2D eigenvalue weighted by Crippen LogP contribution is -2.56. The molecule has 2 amide bonds. The Labute approximate surface area is 149 Å². The molecule has 1 saturated heterocycles. The molecule has 4 N–H and O–H groups in total. The van der Waals surface area contributed by atoms with Crippen LogP contribution in [0.25, 0.3) is 11.3 Å². The Morgan fingerprint density at radius 2 is 2.19 bits per heavy atom. The number of H-pyrrole nitrogens is 1. The van der Waals surface area contributed by atoms with E-state index in [2.05, 4.69) is 25.9 Å². The van der Waals surface area contributed by atoms with Crippen LogP contribution in [0.3, 0.4) is 0 Å². The Morgan fingerprint density at radius 3 is 2.88 bits per heavy atom. The van der Waals surface area contributed by atoms with Gasteiger partial charge in [0.2, 0.25) is 11.7 Å². The minimum atomic E-state index is -0.806. The summed E-state index contributed by atoms with van der Waals surface area (Å²) in [7, 11) is 0. The van der Waals surface area contributed by atoms with Gasteiger partial charge < -0.3 is 25.4 Å². The average Bonchev–Trinajstić information content (AvgIpc) is 3.27. The lowest BCUT2D eigenvalue weighted by atomic mass is 10.0. The molecule has 3 heterocycles. The molecule has 0 aromatic carbocycles. The Hall–Kier alpha value is -3.10. The normalized spacial score (nSPS) is 18.5. The van der Waals surface area contributed by atoms with Gasteiger partial charge in [0.15, 0.2) is 5.76 Å². The molecule has 1 aliphatic rings. The van der Waals surface area contributed by atoms with Crippen LogP contribution in [0, 0.1) is 5.92 Å². The number of aromatic nitrogens is 2. The van der Waals surface area contributed by atoms with Crippen LogP contribution < -0.4 is 16.0 Å². The van der Waals surface area contributed by atoms with Gasteiger partial charge in [0, 0.05) is 24.5 Å². The minimum absolute atomic E-state index is 0.0925. The van der Waals surface area contributed by atoms with Gasteiger partial charge in [-0.05, 0) is 18.4 Å². The molecule has 2 aromatic rings. The van der Waals surface area contributed by atoms with Gasteiger partial charge in [0.25, 0.3) is 11.9 Å². The summed E-state index contributed by atoms with van der Waals surface area (Å²) >= 11 is 0. The van der Waals surface area contributed by atoms with Crippen molar-refractivity contribution in [3.8, 4) is 11.3 Å². The van der Waals surface area contributed by atoms with Crippen molar-refractivity contribution in [1.29, 1.82) is 0 Å². The number of amides is 2. The van der Waals surface area contributed by atoms with Crippen molar-refractivity contribution in [3.05, 3.63) is 24.7 Å². The second-order valence-corrected chi connectivity index (χ2v) is 6.47. The highest BCUT2D eigenvalue weighted by atomic mass is 16.4. The Bertz CT molecular complexity index is 796. The number of piperidine rings is 1. The van der Waals surface area contributed by atoms with Crippen molar-refractivity contribution < 1.29 is 18.8 Å². The number of nitrogens with zero attached hydrogens (tertiary/aromatic N) is 1. The molecular formula is C17H21N5O4. The lowest BCUT2D eigenvalue weighted by Gasteiger charge is -2.26. The molecular weight excluding hydrogens is 338 g/mol. The highest BCUT2D eigenvalue weighted by Gasteiger charge is 2.33. The molecule has 0 spiro atoms. The van der Waals surface area contributed by atoms with Crippen molar-refractivity contribution in [1.82, 2.24) is 20.6 Å². The summed E-state index contributed by atoms with van der Waals surface area (Å²) in [6.07, 6.45) is 5.48. The van der Waals surface area contributed by atoms with Gasteiger partial charge in [0.05, 0.1) is 12.2 Å². The third kappa shape index (κ3) is 3.76. The van der Waals surface area contributed by atoms with E-state index in [-0.39, 0.29) is 17.8 Å². The number of aromatic amines is 1. The summed E-state index contributed by atoms with van der Waals surface area (Å²) in [4.78, 5) is 43.0. The first-order chi connectivity index (χ1) is 12.5. The molecule has 3 rings (SSSR count). The first-order valence-electron chi connectivity index (χ1n) is 8.43. The standard InChI is InChI=1S/C17H21N5O4/c1-9(2)13(15(24)21-11-4-6-19-16(25)14(11)23)22-17-20-8-12(26-17)10-3-5-18-7-10/h3,5,7-9,11,13,18H,4,6H2,1-2H3,(H,19,25)(H,20,22)(H,21,24). The van der Waals surface area contributed by atoms with Gasteiger partial charge in [-0.25, -0.2) is 4.98 Å². The second kappa shape index (κ2) is 7.42. The first kappa shape index (κ1) is 17.7. The maximum Gasteiger partial charge on any atom is 0.295 e. The summed E-state index contributed by atoms with van der Waals surface area (Å²) in [6.45, 7) is 4.08. The van der Waals surface area contributed by atoms with E-state index < -0.39 is 23.8 Å². The molecule has 0 aliphatic carbocycles. The second-order valence-electron chi connectivity index (χ2n) is 6.47. The van der Waals surface area contributed by atoms with E-state index in [9.17, 15) is 14.4 Å². The van der Waals surface area contributed by atoms with Crippen molar-refractivity contribution in [2.75, 3.05) is 11.9 Å². The third-order valence-electron chi connectivity index (χ3n) is 4.19. The highest BCUT2D eigenvalue weighted by molar-refractivity contribution is 6.39. The molecule has 9 heteroatoms. The van der Waals surface area contributed by atoms with Crippen LogP contribution >= 0.6 is 0 Å². The Balaban J connectivity index is 1.68. The van der Waals surface area contributed by atoms with Gasteiger partial charge in [-0.3, -0.25) is 14.4 Å². The van der Waals surface area contributed by atoms with Gasteiger partial charge in [-0.2, -0.15) is 0 Å². The van der Waals surface area contributed by atoms with Crippen molar-refractivity contribution >= 4 is 23.6 Å². The number of nitrogens with one attached hydrogen (secondary N) is 4. The zero-order chi connectivity index (χ0) is 18.7. The van der Waals surface area contributed by atoms with E-state index in [1.165, 1.54) is 0 Å². The third-order valence-corrected chi connectivity index (χ3v) is 4.19. The minimum Gasteiger partial charge on any atom is -0.424 e. The number of ketones is 1. The highest BCUT2D eigenvalue weighted by Crippen LogP contribution is 2.23. The number of carbonyl (C=O) groups is 3. The molecule has 2 atom stereocenters. The molecule has 2 unspecified atom stereocenters. The number of hydrogen-bond acceptors (Lipinski definition) is 6. The van der Waals surface area contributed by atoms with Crippen LogP contribution in [0.5, 0.6) is 0 Å². The first-order valence-corrected chi connectivity index (χ1v) is 8.43. The van der Waals surface area contributed by atoms with Crippen LogP contribution in [0.4, 0.5) is 6.01 Å². The summed E-state index contributed by atoms with van der Waals surface area (Å²) in [6, 6.07) is 0.587. The maximum absolute atomic E-state index is 12.6. The van der Waals surface area contributed by atoms with Crippen LogP contribution in [-0.2, 0) is 14.4 Å². The number of rotatable bonds is 6. The van der Waals surface area contributed by atoms with E-state index in [0.717, 1.165) is 5.56 Å². The summed E-state index contributed by atoms with van der Waals surface area (Å²) in [5.74, 6) is -1.20. The fourth-order valence-electron chi connectivity index (χ4n) is 2.73. The van der Waals surface area contributed by atoms with E-state index >= 15 is 0 Å². The summed E-state index contributed by atoms with van der Waals surface area (Å²) in [5, 5.41) is 8.07. The number of oxazole rings is 1. The molecule has 2 aromatic heterocycles. The lowest BCUT2D eigenvalue weighted by molar-refractivity contribution is -0.141. The smallest absolute Gasteiger partial charge is 0.295 e. The molecule has 26 heavy (non-hydrogen) atoms. The topological polar surface area (TPSA) is 129 Å². The van der Waals surface area contributed by atoms with E-state index in [1.807, 2.05) is 19.9 Å². The van der Waals surface area contributed by atoms with Crippen LogP contribution in [0.1, 0.15) is 20.3 Å². The van der Waals surface area contributed by atoms with Crippen LogP contribution in [0.2, 0.25) is 0 Å². The molecule has 138 valence electrons. The van der Waals surface area contributed by atoms with Crippen LogP contribution in [-0.4, -0.2) is 46.2 Å².